The average Bonchev–Trinajstić information content (AvgIpc) is 2.15. The maximum Gasteiger partial charge on any atom is 0.0396 e. The Kier molecular flexibility index (Phi) is 1.96. The molecule has 0 fully saturated rings. The molecule has 13 heavy (non-hydrogen) atoms. The van der Waals surface area contributed by atoms with Gasteiger partial charge in [-0.2, -0.15) is 0 Å². The fourth-order valence-electron chi connectivity index (χ4n) is 1.80. The number of aryl methyl sites for hydroxylation is 1. The van der Waals surface area contributed by atoms with Crippen molar-refractivity contribution < 1.29 is 0 Å². The first-order valence-electron chi connectivity index (χ1n) is 4.65. The maximum atomic E-state index is 2.28. The number of fused-ring (bicyclic) bond motifs is 1. The van der Waals surface area contributed by atoms with Gasteiger partial charge in [-0.15, -0.1) is 0 Å². The predicted molar refractivity (Wildman–Crippen MR) is 63.0 cm³/mol. The molecule has 0 heterocycles. The third kappa shape index (κ3) is 1.29. The van der Waals surface area contributed by atoms with Gasteiger partial charge in [0.1, 0.15) is 0 Å². The first-order chi connectivity index (χ1) is 6.20. The molecule has 0 bridgehead atoms. The maximum absolute atomic E-state index is 2.28. The Morgan fingerprint density at radius 1 is 1.08 bits per heavy atom. The summed E-state index contributed by atoms with van der Waals surface area (Å²) >= 11 is 0. The first-order valence-corrected chi connectivity index (χ1v) is 5.65. The van der Waals surface area contributed by atoms with Crippen LogP contribution in [-0.4, -0.2) is 10.2 Å². The highest BCUT2D eigenvalue weighted by Gasteiger charge is 2.01. The molecular weight excluding hydrogens is 172 g/mol. The molecule has 1 heteroatoms. The highest BCUT2D eigenvalue weighted by atomic mass is 28.1. The average molecular weight is 186 g/mol. The van der Waals surface area contributed by atoms with Crippen molar-refractivity contribution in [3.05, 3.63) is 41.5 Å². The van der Waals surface area contributed by atoms with Crippen molar-refractivity contribution in [1.29, 1.82) is 0 Å². The summed E-state index contributed by atoms with van der Waals surface area (Å²) in [6.07, 6.45) is 0. The van der Waals surface area contributed by atoms with E-state index in [9.17, 15) is 0 Å². The van der Waals surface area contributed by atoms with Gasteiger partial charge in [0.15, 0.2) is 0 Å². The van der Waals surface area contributed by atoms with E-state index in [1.807, 2.05) is 0 Å². The minimum atomic E-state index is 1.14. The Labute approximate surface area is 82.0 Å². The third-order valence-electron chi connectivity index (χ3n) is 2.89. The smallest absolute Gasteiger partial charge is 0.0396 e. The van der Waals surface area contributed by atoms with Gasteiger partial charge in [0.05, 0.1) is 0 Å². The number of hydrogen-bond donors (Lipinski definition) is 0. The van der Waals surface area contributed by atoms with Crippen LogP contribution in [0.3, 0.4) is 0 Å². The van der Waals surface area contributed by atoms with Crippen LogP contribution in [0.4, 0.5) is 0 Å². The molecule has 0 radical (unpaired) electrons. The van der Waals surface area contributed by atoms with Crippen molar-refractivity contribution in [3.63, 3.8) is 0 Å². The zero-order chi connectivity index (χ0) is 9.42. The molecule has 0 N–H and O–H groups in total. The van der Waals surface area contributed by atoms with Gasteiger partial charge in [-0.3, -0.25) is 0 Å². The van der Waals surface area contributed by atoms with Crippen LogP contribution >= 0.6 is 0 Å². The summed E-state index contributed by atoms with van der Waals surface area (Å²) in [5.41, 5.74) is 2.90. The van der Waals surface area contributed by atoms with Crippen LogP contribution in [0, 0.1) is 13.8 Å². The van der Waals surface area contributed by atoms with E-state index >= 15 is 0 Å². The summed E-state index contributed by atoms with van der Waals surface area (Å²) in [6, 6.07) is 10.9. The van der Waals surface area contributed by atoms with Gasteiger partial charge < -0.3 is 0 Å². The van der Waals surface area contributed by atoms with E-state index in [4.69, 9.17) is 0 Å². The second-order valence-electron chi connectivity index (χ2n) is 3.66. The molecule has 0 amide bonds. The zero-order valence-corrected chi connectivity index (χ0v) is 10.4. The molecule has 2 aromatic rings. The summed E-state index contributed by atoms with van der Waals surface area (Å²) < 4.78 is 0. The standard InChI is InChI=1S/C12H14Si/c1-8-7-10-5-3-4-6-11(10)12(13)9(8)2/h3-7H,1-2,13H3. The SMILES string of the molecule is Cc1cc2ccccc2c([SiH3])c1C. The molecule has 0 spiro atoms. The van der Waals surface area contributed by atoms with Gasteiger partial charge in [0, 0.05) is 10.2 Å². The fraction of sp³-hybridized carbons (Fsp3) is 0.167. The van der Waals surface area contributed by atoms with Gasteiger partial charge in [-0.05, 0) is 35.7 Å². The van der Waals surface area contributed by atoms with Crippen LogP contribution < -0.4 is 5.19 Å². The highest BCUT2D eigenvalue weighted by Crippen LogP contribution is 2.15. The van der Waals surface area contributed by atoms with Crippen molar-refractivity contribution in [2.24, 2.45) is 0 Å². The number of hydrogen-bond acceptors (Lipinski definition) is 0. The Hall–Kier alpha value is -1.08. The molecule has 2 aromatic carbocycles. The van der Waals surface area contributed by atoms with Crippen LogP contribution in [0.15, 0.2) is 30.3 Å². The van der Waals surface area contributed by atoms with Gasteiger partial charge in [-0.1, -0.05) is 35.5 Å². The minimum Gasteiger partial charge on any atom is -0.0616 e. The molecule has 0 saturated heterocycles. The monoisotopic (exact) mass is 186 g/mol. The molecule has 0 aliphatic heterocycles. The molecular formula is C12H14Si. The van der Waals surface area contributed by atoms with E-state index in [0.29, 0.717) is 0 Å². The van der Waals surface area contributed by atoms with E-state index < -0.39 is 0 Å². The van der Waals surface area contributed by atoms with Gasteiger partial charge >= 0.3 is 0 Å². The van der Waals surface area contributed by atoms with E-state index in [0.717, 1.165) is 10.2 Å². The number of benzene rings is 2. The molecule has 0 aliphatic carbocycles. The lowest BCUT2D eigenvalue weighted by atomic mass is 10.0. The molecule has 0 aromatic heterocycles. The predicted octanol–water partition coefficient (Wildman–Crippen LogP) is 1.45. The van der Waals surface area contributed by atoms with Crippen molar-refractivity contribution in [3.8, 4) is 0 Å². The molecule has 0 nitrogen and oxygen atoms in total. The van der Waals surface area contributed by atoms with Crippen molar-refractivity contribution in [2.75, 3.05) is 0 Å². The summed E-state index contributed by atoms with van der Waals surface area (Å²) in [6.45, 7) is 4.42. The molecule has 0 atom stereocenters. The van der Waals surface area contributed by atoms with Crippen LogP contribution in [-0.2, 0) is 0 Å². The molecule has 0 saturated carbocycles. The minimum absolute atomic E-state index is 1.14. The number of rotatable bonds is 0. The van der Waals surface area contributed by atoms with Gasteiger partial charge in [0.25, 0.3) is 0 Å². The summed E-state index contributed by atoms with van der Waals surface area (Å²) in [5, 5.41) is 4.38. The molecule has 0 unspecified atom stereocenters. The largest absolute Gasteiger partial charge is 0.0616 e. The van der Waals surface area contributed by atoms with Crippen molar-refractivity contribution in [1.82, 2.24) is 0 Å². The molecule has 66 valence electrons. The first kappa shape index (κ1) is 8.51. The van der Waals surface area contributed by atoms with Crippen LogP contribution in [0.5, 0.6) is 0 Å². The van der Waals surface area contributed by atoms with E-state index in [2.05, 4.69) is 44.2 Å². The van der Waals surface area contributed by atoms with Crippen LogP contribution in [0.2, 0.25) is 0 Å². The Morgan fingerprint density at radius 2 is 1.77 bits per heavy atom. The highest BCUT2D eigenvalue weighted by molar-refractivity contribution is 6.39. The summed E-state index contributed by atoms with van der Waals surface area (Å²) in [5.74, 6) is 0. The quantitative estimate of drug-likeness (QED) is 0.546. The third-order valence-corrected chi connectivity index (χ3v) is 4.18. The van der Waals surface area contributed by atoms with Crippen LogP contribution in [0.1, 0.15) is 11.1 Å². The second kappa shape index (κ2) is 3.00. The van der Waals surface area contributed by atoms with E-state index in [-0.39, 0.29) is 0 Å². The Bertz CT molecular complexity index is 458. The van der Waals surface area contributed by atoms with Gasteiger partial charge in [-0.25, -0.2) is 0 Å². The van der Waals surface area contributed by atoms with Gasteiger partial charge in [0.2, 0.25) is 0 Å². The fourth-order valence-corrected chi connectivity index (χ4v) is 2.65. The second-order valence-corrected chi connectivity index (χ2v) is 4.66. The summed E-state index contributed by atoms with van der Waals surface area (Å²) in [7, 11) is 1.14. The lowest BCUT2D eigenvalue weighted by Gasteiger charge is -2.08. The summed E-state index contributed by atoms with van der Waals surface area (Å²) in [4.78, 5) is 0. The topological polar surface area (TPSA) is 0 Å². The lowest BCUT2D eigenvalue weighted by Crippen LogP contribution is -2.10. The zero-order valence-electron chi connectivity index (χ0n) is 8.39. The van der Waals surface area contributed by atoms with Crippen molar-refractivity contribution in [2.45, 2.75) is 13.8 Å². The lowest BCUT2D eigenvalue weighted by molar-refractivity contribution is 1.39. The van der Waals surface area contributed by atoms with Crippen LogP contribution in [0.25, 0.3) is 10.8 Å². The normalized spacial score (nSPS) is 10.9. The van der Waals surface area contributed by atoms with E-state index in [1.165, 1.54) is 21.9 Å². The molecule has 0 aliphatic rings. The van der Waals surface area contributed by atoms with Crippen molar-refractivity contribution >= 4 is 26.2 Å². The Morgan fingerprint density at radius 3 is 2.54 bits per heavy atom. The van der Waals surface area contributed by atoms with E-state index in [1.54, 1.807) is 5.19 Å². The molecule has 2 rings (SSSR count). The Balaban J connectivity index is 2.94.